The Labute approximate surface area is 187 Å². The summed E-state index contributed by atoms with van der Waals surface area (Å²) in [4.78, 5) is 22.2. The van der Waals surface area contributed by atoms with E-state index in [4.69, 9.17) is 0 Å². The monoisotopic (exact) mass is 432 g/mol. The molecular weight excluding hydrogens is 404 g/mol. The molecule has 0 spiro atoms. The summed E-state index contributed by atoms with van der Waals surface area (Å²) in [6, 6.07) is 19.4. The minimum absolute atomic E-state index is 0.0404. The maximum atomic E-state index is 12.8. The van der Waals surface area contributed by atoms with Crippen LogP contribution >= 0.6 is 11.3 Å². The van der Waals surface area contributed by atoms with Gasteiger partial charge in [-0.15, -0.1) is 11.3 Å². The van der Waals surface area contributed by atoms with Crippen molar-refractivity contribution in [1.82, 2.24) is 15.2 Å². The third-order valence-corrected chi connectivity index (χ3v) is 7.20. The zero-order valence-electron chi connectivity index (χ0n) is 17.7. The van der Waals surface area contributed by atoms with Gasteiger partial charge in [0.25, 0.3) is 5.91 Å². The first-order chi connectivity index (χ1) is 15.2. The highest BCUT2D eigenvalue weighted by molar-refractivity contribution is 7.13. The van der Waals surface area contributed by atoms with Crippen LogP contribution in [0.4, 0.5) is 5.13 Å². The molecule has 3 heterocycles. The first-order valence-corrected chi connectivity index (χ1v) is 12.0. The molecule has 1 aromatic heterocycles. The van der Waals surface area contributed by atoms with Crippen molar-refractivity contribution in [2.75, 3.05) is 24.5 Å². The molecule has 1 fully saturated rings. The summed E-state index contributed by atoms with van der Waals surface area (Å²) in [5.74, 6) is -0.0404. The Morgan fingerprint density at radius 1 is 1.00 bits per heavy atom. The molecule has 2 aliphatic heterocycles. The van der Waals surface area contributed by atoms with E-state index in [9.17, 15) is 4.79 Å². The predicted octanol–water partition coefficient (Wildman–Crippen LogP) is 4.10. The number of piperidine rings is 1. The molecule has 1 amide bonds. The van der Waals surface area contributed by atoms with Crippen molar-refractivity contribution < 1.29 is 4.79 Å². The molecule has 5 nitrogen and oxygen atoms in total. The van der Waals surface area contributed by atoms with Crippen molar-refractivity contribution in [3.8, 4) is 0 Å². The molecule has 160 valence electrons. The summed E-state index contributed by atoms with van der Waals surface area (Å²) < 4.78 is 0. The minimum Gasteiger partial charge on any atom is -0.348 e. The summed E-state index contributed by atoms with van der Waals surface area (Å²) in [6.45, 7) is 4.82. The normalized spacial score (nSPS) is 17.4. The van der Waals surface area contributed by atoms with E-state index in [1.807, 2.05) is 5.38 Å². The van der Waals surface area contributed by atoms with Crippen LogP contribution in [0.25, 0.3) is 0 Å². The molecule has 0 aliphatic carbocycles. The van der Waals surface area contributed by atoms with E-state index in [2.05, 4.69) is 74.7 Å². The van der Waals surface area contributed by atoms with Gasteiger partial charge in [0, 0.05) is 44.1 Å². The molecule has 6 heteroatoms. The van der Waals surface area contributed by atoms with Crippen LogP contribution in [0.15, 0.2) is 60.0 Å². The molecule has 0 unspecified atom stereocenters. The van der Waals surface area contributed by atoms with Crippen LogP contribution in [-0.4, -0.2) is 41.5 Å². The molecule has 1 N–H and O–H groups in total. The molecular formula is C25H28N4OS. The lowest BCUT2D eigenvalue weighted by atomic mass is 10.0. The first-order valence-electron chi connectivity index (χ1n) is 11.1. The van der Waals surface area contributed by atoms with Gasteiger partial charge in [-0.3, -0.25) is 9.69 Å². The van der Waals surface area contributed by atoms with Crippen LogP contribution in [0, 0.1) is 0 Å². The third-order valence-electron chi connectivity index (χ3n) is 6.30. The average Bonchev–Trinajstić information content (AvgIpc) is 3.31. The van der Waals surface area contributed by atoms with Crippen LogP contribution in [0.1, 0.15) is 40.0 Å². The second-order valence-electron chi connectivity index (χ2n) is 8.47. The average molecular weight is 433 g/mol. The summed E-state index contributed by atoms with van der Waals surface area (Å²) in [5, 5.41) is 6.05. The SMILES string of the molecule is O=C(NC1CCN(Cc2ccccc2)CC1)c1csc(N2CCc3ccccc3C2)n1. The molecule has 0 saturated carbocycles. The van der Waals surface area contributed by atoms with Crippen molar-refractivity contribution in [2.24, 2.45) is 0 Å². The number of likely N-dealkylation sites (tertiary alicyclic amines) is 1. The van der Waals surface area contributed by atoms with E-state index in [1.54, 1.807) is 11.3 Å². The number of aromatic nitrogens is 1. The molecule has 2 aromatic carbocycles. The Bertz CT molecular complexity index is 1030. The van der Waals surface area contributed by atoms with E-state index in [0.717, 1.165) is 57.1 Å². The molecule has 0 radical (unpaired) electrons. The number of fused-ring (bicyclic) bond motifs is 1. The highest BCUT2D eigenvalue weighted by Gasteiger charge is 2.24. The zero-order chi connectivity index (χ0) is 21.0. The molecule has 0 bridgehead atoms. The summed E-state index contributed by atoms with van der Waals surface area (Å²) >= 11 is 1.57. The van der Waals surface area contributed by atoms with Gasteiger partial charge in [-0.25, -0.2) is 4.98 Å². The number of thiazole rings is 1. The molecule has 3 aromatic rings. The number of rotatable bonds is 5. The van der Waals surface area contributed by atoms with Crippen molar-refractivity contribution >= 4 is 22.4 Å². The number of carbonyl (C=O) groups excluding carboxylic acids is 1. The lowest BCUT2D eigenvalue weighted by Gasteiger charge is -2.32. The van der Waals surface area contributed by atoms with Gasteiger partial charge < -0.3 is 10.2 Å². The number of nitrogens with one attached hydrogen (secondary N) is 1. The van der Waals surface area contributed by atoms with E-state index in [-0.39, 0.29) is 11.9 Å². The van der Waals surface area contributed by atoms with Gasteiger partial charge in [-0.2, -0.15) is 0 Å². The molecule has 2 aliphatic rings. The number of amides is 1. The second kappa shape index (κ2) is 9.20. The topological polar surface area (TPSA) is 48.5 Å². The Hall–Kier alpha value is -2.70. The van der Waals surface area contributed by atoms with E-state index < -0.39 is 0 Å². The fourth-order valence-electron chi connectivity index (χ4n) is 4.51. The van der Waals surface area contributed by atoms with Gasteiger partial charge in [0.2, 0.25) is 0 Å². The predicted molar refractivity (Wildman–Crippen MR) is 126 cm³/mol. The maximum Gasteiger partial charge on any atom is 0.271 e. The van der Waals surface area contributed by atoms with Crippen LogP contribution < -0.4 is 10.2 Å². The number of anilines is 1. The zero-order valence-corrected chi connectivity index (χ0v) is 18.5. The van der Waals surface area contributed by atoms with E-state index in [1.165, 1.54) is 16.7 Å². The summed E-state index contributed by atoms with van der Waals surface area (Å²) in [6.07, 6.45) is 3.00. The quantitative estimate of drug-likeness (QED) is 0.659. The largest absolute Gasteiger partial charge is 0.348 e. The van der Waals surface area contributed by atoms with Crippen LogP contribution in [-0.2, 0) is 19.5 Å². The molecule has 1 saturated heterocycles. The number of nitrogens with zero attached hydrogens (tertiary/aromatic N) is 3. The fraction of sp³-hybridized carbons (Fsp3) is 0.360. The Balaban J connectivity index is 1.13. The van der Waals surface area contributed by atoms with Gasteiger partial charge in [0.05, 0.1) is 0 Å². The van der Waals surface area contributed by atoms with Crippen molar-refractivity contribution in [1.29, 1.82) is 0 Å². The first kappa shape index (κ1) is 20.2. The Morgan fingerprint density at radius 3 is 2.55 bits per heavy atom. The van der Waals surface area contributed by atoms with Gasteiger partial charge in [-0.05, 0) is 36.0 Å². The summed E-state index contributed by atoms with van der Waals surface area (Å²) in [5.41, 5.74) is 4.68. The minimum atomic E-state index is -0.0404. The Morgan fingerprint density at radius 2 is 1.74 bits per heavy atom. The highest BCUT2D eigenvalue weighted by Crippen LogP contribution is 2.27. The number of hydrogen-bond acceptors (Lipinski definition) is 5. The third kappa shape index (κ3) is 4.81. The molecule has 5 rings (SSSR count). The van der Waals surface area contributed by atoms with Crippen molar-refractivity contribution in [2.45, 2.75) is 38.4 Å². The van der Waals surface area contributed by atoms with Crippen molar-refractivity contribution in [3.05, 3.63) is 82.4 Å². The van der Waals surface area contributed by atoms with Gasteiger partial charge in [-0.1, -0.05) is 54.6 Å². The van der Waals surface area contributed by atoms with Gasteiger partial charge in [0.1, 0.15) is 5.69 Å². The smallest absolute Gasteiger partial charge is 0.271 e. The van der Waals surface area contributed by atoms with Crippen LogP contribution in [0.2, 0.25) is 0 Å². The van der Waals surface area contributed by atoms with Crippen molar-refractivity contribution in [3.63, 3.8) is 0 Å². The fourth-order valence-corrected chi connectivity index (χ4v) is 5.34. The van der Waals surface area contributed by atoms with Crippen LogP contribution in [0.5, 0.6) is 0 Å². The number of carbonyl (C=O) groups is 1. The lowest BCUT2D eigenvalue weighted by molar-refractivity contribution is 0.0904. The van der Waals surface area contributed by atoms with E-state index in [0.29, 0.717) is 5.69 Å². The van der Waals surface area contributed by atoms with Gasteiger partial charge in [0.15, 0.2) is 5.13 Å². The number of hydrogen-bond donors (Lipinski definition) is 1. The summed E-state index contributed by atoms with van der Waals surface area (Å²) in [7, 11) is 0. The van der Waals surface area contributed by atoms with Gasteiger partial charge >= 0.3 is 0 Å². The van der Waals surface area contributed by atoms with Crippen LogP contribution in [0.3, 0.4) is 0 Å². The molecule has 0 atom stereocenters. The Kier molecular flexibility index (Phi) is 6.00. The lowest BCUT2D eigenvalue weighted by Crippen LogP contribution is -2.44. The molecule has 31 heavy (non-hydrogen) atoms. The number of benzene rings is 2. The standard InChI is InChI=1S/C25H28N4OS/c30-24(26-22-11-13-28(14-12-22)16-19-6-2-1-3-7-19)23-18-31-25(27-23)29-15-10-20-8-4-5-9-21(20)17-29/h1-9,18,22H,10-17H2,(H,26,30). The highest BCUT2D eigenvalue weighted by atomic mass is 32.1. The maximum absolute atomic E-state index is 12.8. The second-order valence-corrected chi connectivity index (χ2v) is 9.30. The van der Waals surface area contributed by atoms with E-state index >= 15 is 0 Å².